The van der Waals surface area contributed by atoms with Crippen LogP contribution in [-0.2, 0) is 0 Å². The third-order valence-electron chi connectivity index (χ3n) is 1.72. The van der Waals surface area contributed by atoms with Gasteiger partial charge in [0.15, 0.2) is 0 Å². The molecule has 12 heavy (non-hydrogen) atoms. The van der Waals surface area contributed by atoms with Gasteiger partial charge in [0.25, 0.3) is 0 Å². The van der Waals surface area contributed by atoms with Gasteiger partial charge in [-0.25, -0.2) is 0 Å². The van der Waals surface area contributed by atoms with E-state index in [0.717, 1.165) is 11.3 Å². The summed E-state index contributed by atoms with van der Waals surface area (Å²) >= 11 is 1.85. The lowest BCUT2D eigenvalue weighted by Gasteiger charge is -1.96. The van der Waals surface area contributed by atoms with Crippen molar-refractivity contribution < 1.29 is 0 Å². The Morgan fingerprint density at radius 1 is 1.50 bits per heavy atom. The third-order valence-corrected chi connectivity index (χ3v) is 2.60. The van der Waals surface area contributed by atoms with Crippen molar-refractivity contribution in [3.63, 3.8) is 0 Å². The first kappa shape index (κ1) is 7.68. The smallest absolute Gasteiger partial charge is 0.0661 e. The number of hydrogen-bond donors (Lipinski definition) is 1. The highest BCUT2D eigenvalue weighted by molar-refractivity contribution is 7.99. The number of fused-ring (bicyclic) bond motifs is 1. The molecular formula is C9H10N2S. The van der Waals surface area contributed by atoms with E-state index in [1.807, 2.05) is 18.0 Å². The largest absolute Gasteiger partial charge is 0.278 e. The first-order chi connectivity index (χ1) is 5.90. The monoisotopic (exact) mass is 178 g/mol. The van der Waals surface area contributed by atoms with Gasteiger partial charge in [0.1, 0.15) is 0 Å². The van der Waals surface area contributed by atoms with Crippen molar-refractivity contribution in [2.24, 2.45) is 0 Å². The van der Waals surface area contributed by atoms with Gasteiger partial charge in [-0.05, 0) is 17.9 Å². The molecule has 1 heterocycles. The highest BCUT2D eigenvalue weighted by atomic mass is 32.2. The lowest BCUT2D eigenvalue weighted by molar-refractivity contribution is 1.12. The van der Waals surface area contributed by atoms with Crippen LogP contribution in [0.25, 0.3) is 10.9 Å². The Hall–Kier alpha value is -0.960. The SMILES string of the molecule is CCSc1ccc2cn[nH]c2c1. The normalized spacial score (nSPS) is 10.8. The van der Waals surface area contributed by atoms with E-state index in [1.54, 1.807) is 0 Å². The zero-order valence-corrected chi connectivity index (χ0v) is 7.69. The molecule has 0 spiro atoms. The molecule has 0 saturated heterocycles. The van der Waals surface area contributed by atoms with Gasteiger partial charge in [0.05, 0.1) is 11.7 Å². The highest BCUT2D eigenvalue weighted by Gasteiger charge is 1.96. The van der Waals surface area contributed by atoms with Crippen LogP contribution in [0, 0.1) is 0 Å². The third kappa shape index (κ3) is 1.32. The average molecular weight is 178 g/mol. The molecule has 1 aromatic carbocycles. The predicted molar refractivity (Wildman–Crippen MR) is 52.5 cm³/mol. The van der Waals surface area contributed by atoms with Crippen molar-refractivity contribution in [3.8, 4) is 0 Å². The number of rotatable bonds is 2. The van der Waals surface area contributed by atoms with Crippen molar-refractivity contribution in [2.75, 3.05) is 5.75 Å². The molecule has 62 valence electrons. The molecule has 1 N–H and O–H groups in total. The topological polar surface area (TPSA) is 28.7 Å². The molecule has 0 aliphatic heterocycles. The maximum Gasteiger partial charge on any atom is 0.0661 e. The van der Waals surface area contributed by atoms with Crippen LogP contribution in [0.3, 0.4) is 0 Å². The highest BCUT2D eigenvalue weighted by Crippen LogP contribution is 2.21. The summed E-state index contributed by atoms with van der Waals surface area (Å²) in [6, 6.07) is 6.36. The van der Waals surface area contributed by atoms with Crippen LogP contribution >= 0.6 is 11.8 Å². The lowest BCUT2D eigenvalue weighted by atomic mass is 10.3. The number of nitrogens with zero attached hydrogens (tertiary/aromatic N) is 1. The van der Waals surface area contributed by atoms with Crippen LogP contribution in [0.1, 0.15) is 6.92 Å². The molecule has 0 fully saturated rings. The fourth-order valence-corrected chi connectivity index (χ4v) is 1.87. The van der Waals surface area contributed by atoms with Gasteiger partial charge in [-0.3, -0.25) is 5.10 Å². The van der Waals surface area contributed by atoms with E-state index in [9.17, 15) is 0 Å². The molecule has 0 aliphatic rings. The van der Waals surface area contributed by atoms with E-state index >= 15 is 0 Å². The number of nitrogens with one attached hydrogen (secondary N) is 1. The minimum absolute atomic E-state index is 1.11. The number of benzene rings is 1. The van der Waals surface area contributed by atoms with Crippen molar-refractivity contribution in [1.82, 2.24) is 10.2 Å². The van der Waals surface area contributed by atoms with E-state index in [4.69, 9.17) is 0 Å². The molecule has 0 atom stereocenters. The van der Waals surface area contributed by atoms with Crippen molar-refractivity contribution in [1.29, 1.82) is 0 Å². The molecule has 0 saturated carbocycles. The van der Waals surface area contributed by atoms with Gasteiger partial charge in [0.2, 0.25) is 0 Å². The van der Waals surface area contributed by atoms with E-state index in [1.165, 1.54) is 10.3 Å². The first-order valence-electron chi connectivity index (χ1n) is 3.96. The summed E-state index contributed by atoms with van der Waals surface area (Å²) in [6.45, 7) is 2.15. The minimum atomic E-state index is 1.11. The Balaban J connectivity index is 2.46. The van der Waals surface area contributed by atoms with E-state index in [-0.39, 0.29) is 0 Å². The molecule has 0 amide bonds. The molecule has 3 heteroatoms. The van der Waals surface area contributed by atoms with Crippen molar-refractivity contribution in [3.05, 3.63) is 24.4 Å². The van der Waals surface area contributed by atoms with Crippen LogP contribution < -0.4 is 0 Å². The van der Waals surface area contributed by atoms with E-state index < -0.39 is 0 Å². The molecule has 0 bridgehead atoms. The summed E-state index contributed by atoms with van der Waals surface area (Å²) in [5.74, 6) is 1.11. The van der Waals surface area contributed by atoms with Gasteiger partial charge in [-0.15, -0.1) is 11.8 Å². The quantitative estimate of drug-likeness (QED) is 0.716. The Kier molecular flexibility index (Phi) is 2.04. The van der Waals surface area contributed by atoms with E-state index in [0.29, 0.717) is 0 Å². The van der Waals surface area contributed by atoms with Crippen LogP contribution in [0.4, 0.5) is 0 Å². The zero-order chi connectivity index (χ0) is 8.39. The minimum Gasteiger partial charge on any atom is -0.278 e. The number of aromatic nitrogens is 2. The van der Waals surface area contributed by atoms with Gasteiger partial charge in [-0.1, -0.05) is 13.0 Å². The molecule has 0 aliphatic carbocycles. The van der Waals surface area contributed by atoms with Crippen LogP contribution in [0.15, 0.2) is 29.3 Å². The Morgan fingerprint density at radius 3 is 3.25 bits per heavy atom. The standard InChI is InChI=1S/C9H10N2S/c1-2-12-8-4-3-7-6-10-11-9(7)5-8/h3-6H,2H2,1H3,(H,10,11). The molecule has 2 nitrogen and oxygen atoms in total. The maximum atomic E-state index is 3.97. The summed E-state index contributed by atoms with van der Waals surface area (Å²) in [4.78, 5) is 1.30. The summed E-state index contributed by atoms with van der Waals surface area (Å²) in [5.41, 5.74) is 1.12. The second kappa shape index (κ2) is 3.19. The molecule has 0 radical (unpaired) electrons. The summed E-state index contributed by atoms with van der Waals surface area (Å²) in [7, 11) is 0. The van der Waals surface area contributed by atoms with Gasteiger partial charge in [-0.2, -0.15) is 5.10 Å². The van der Waals surface area contributed by atoms with Crippen LogP contribution in [-0.4, -0.2) is 16.0 Å². The first-order valence-corrected chi connectivity index (χ1v) is 4.94. The maximum absolute atomic E-state index is 3.97. The molecule has 2 aromatic rings. The summed E-state index contributed by atoms with van der Waals surface area (Å²) < 4.78 is 0. The van der Waals surface area contributed by atoms with E-state index in [2.05, 4.69) is 35.3 Å². The number of hydrogen-bond acceptors (Lipinski definition) is 2. The number of H-pyrrole nitrogens is 1. The Labute approximate surface area is 75.4 Å². The fraction of sp³-hybridized carbons (Fsp3) is 0.222. The molecule has 2 rings (SSSR count). The van der Waals surface area contributed by atoms with Gasteiger partial charge >= 0.3 is 0 Å². The Morgan fingerprint density at radius 2 is 2.42 bits per heavy atom. The van der Waals surface area contributed by atoms with Crippen LogP contribution in [0.5, 0.6) is 0 Å². The van der Waals surface area contributed by atoms with Crippen LogP contribution in [0.2, 0.25) is 0 Å². The number of thioether (sulfide) groups is 1. The lowest BCUT2D eigenvalue weighted by Crippen LogP contribution is -1.73. The van der Waals surface area contributed by atoms with Gasteiger partial charge < -0.3 is 0 Å². The number of aromatic amines is 1. The summed E-state index contributed by atoms with van der Waals surface area (Å²) in [5, 5.41) is 8.10. The molecular weight excluding hydrogens is 168 g/mol. The molecule has 1 aromatic heterocycles. The second-order valence-corrected chi connectivity index (χ2v) is 3.89. The fourth-order valence-electron chi connectivity index (χ4n) is 1.17. The average Bonchev–Trinajstić information content (AvgIpc) is 2.51. The summed E-state index contributed by atoms with van der Waals surface area (Å²) in [6.07, 6.45) is 1.84. The predicted octanol–water partition coefficient (Wildman–Crippen LogP) is 2.67. The van der Waals surface area contributed by atoms with Crippen molar-refractivity contribution >= 4 is 22.7 Å². The Bertz CT molecular complexity index is 381. The zero-order valence-electron chi connectivity index (χ0n) is 6.87. The second-order valence-electron chi connectivity index (χ2n) is 2.55. The van der Waals surface area contributed by atoms with Crippen molar-refractivity contribution in [2.45, 2.75) is 11.8 Å². The molecule has 0 unspecified atom stereocenters. The van der Waals surface area contributed by atoms with Gasteiger partial charge in [0, 0.05) is 10.3 Å².